The van der Waals surface area contributed by atoms with E-state index in [1.807, 2.05) is 53.4 Å². The minimum atomic E-state index is 0.0125. The molecule has 1 saturated heterocycles. The third kappa shape index (κ3) is 4.29. The van der Waals surface area contributed by atoms with Crippen molar-refractivity contribution in [1.29, 1.82) is 0 Å². The molecule has 146 valence electrons. The minimum Gasteiger partial charge on any atom is -0.367 e. The summed E-state index contributed by atoms with van der Waals surface area (Å²) in [5.41, 5.74) is 2.88. The molecule has 0 spiro atoms. The van der Waals surface area contributed by atoms with Crippen LogP contribution in [0.4, 0.5) is 5.95 Å². The van der Waals surface area contributed by atoms with Gasteiger partial charge in [-0.05, 0) is 30.2 Å². The number of halogens is 1. The summed E-state index contributed by atoms with van der Waals surface area (Å²) in [5, 5.41) is 0.659. The topological polar surface area (TPSA) is 61.5 Å². The Morgan fingerprint density at radius 2 is 1.89 bits per heavy atom. The monoisotopic (exact) mass is 398 g/mol. The lowest BCUT2D eigenvalue weighted by Crippen LogP contribution is -2.37. The van der Waals surface area contributed by atoms with Crippen molar-refractivity contribution in [3.05, 3.63) is 59.1 Å². The highest BCUT2D eigenvalue weighted by Crippen LogP contribution is 2.19. The molecule has 28 heavy (non-hydrogen) atoms. The van der Waals surface area contributed by atoms with Gasteiger partial charge in [0.1, 0.15) is 6.61 Å². The standard InChI is InChI=1S/C21H23ClN4O2/c22-17-7-2-1-6-16(17)14-28-15-20(27)25-10-5-11-26(13-12-25)21-23-18-8-3-4-9-19(18)24-21/h1-4,6-9H,5,10-15H2,(H,23,24). The summed E-state index contributed by atoms with van der Waals surface area (Å²) in [4.78, 5) is 24.7. The average Bonchev–Trinajstić information content (AvgIpc) is 2.98. The summed E-state index contributed by atoms with van der Waals surface area (Å²) in [6, 6.07) is 15.5. The van der Waals surface area contributed by atoms with Crippen LogP contribution in [0.25, 0.3) is 11.0 Å². The second kappa shape index (κ2) is 8.63. The summed E-state index contributed by atoms with van der Waals surface area (Å²) in [6.45, 7) is 3.40. The molecule has 0 unspecified atom stereocenters. The first-order valence-corrected chi connectivity index (χ1v) is 9.87. The third-order valence-corrected chi connectivity index (χ3v) is 5.33. The fourth-order valence-corrected chi connectivity index (χ4v) is 3.61. The number of aromatic nitrogens is 2. The van der Waals surface area contributed by atoms with Crippen LogP contribution in [0.1, 0.15) is 12.0 Å². The summed E-state index contributed by atoms with van der Waals surface area (Å²) in [6.07, 6.45) is 0.896. The van der Waals surface area contributed by atoms with E-state index in [1.54, 1.807) is 0 Å². The molecule has 1 aliphatic rings. The van der Waals surface area contributed by atoms with E-state index >= 15 is 0 Å². The maximum Gasteiger partial charge on any atom is 0.248 e. The van der Waals surface area contributed by atoms with Crippen LogP contribution in [0.2, 0.25) is 5.02 Å². The van der Waals surface area contributed by atoms with E-state index in [9.17, 15) is 4.79 Å². The normalized spacial score (nSPS) is 15.0. The largest absolute Gasteiger partial charge is 0.367 e. The average molecular weight is 399 g/mol. The van der Waals surface area contributed by atoms with Gasteiger partial charge < -0.3 is 19.5 Å². The molecule has 2 heterocycles. The molecule has 0 saturated carbocycles. The zero-order valence-electron chi connectivity index (χ0n) is 15.6. The first-order valence-electron chi connectivity index (χ1n) is 9.49. The Morgan fingerprint density at radius 3 is 2.75 bits per heavy atom. The number of carbonyl (C=O) groups is 1. The molecule has 1 aliphatic heterocycles. The van der Waals surface area contributed by atoms with Crippen molar-refractivity contribution in [2.45, 2.75) is 13.0 Å². The maximum atomic E-state index is 12.5. The van der Waals surface area contributed by atoms with Gasteiger partial charge in [-0.25, -0.2) is 4.98 Å². The molecule has 3 aromatic rings. The molecule has 0 bridgehead atoms. The zero-order valence-corrected chi connectivity index (χ0v) is 16.4. The number of aromatic amines is 1. The predicted octanol–water partition coefficient (Wildman–Crippen LogP) is 3.47. The molecule has 7 heteroatoms. The predicted molar refractivity (Wildman–Crippen MR) is 111 cm³/mol. The molecule has 1 fully saturated rings. The summed E-state index contributed by atoms with van der Waals surface area (Å²) in [7, 11) is 0. The number of hydrogen-bond acceptors (Lipinski definition) is 4. The van der Waals surface area contributed by atoms with Crippen molar-refractivity contribution in [2.75, 3.05) is 37.7 Å². The second-order valence-electron chi connectivity index (χ2n) is 6.88. The lowest BCUT2D eigenvalue weighted by atomic mass is 10.2. The Morgan fingerprint density at radius 1 is 1.07 bits per heavy atom. The molecule has 6 nitrogen and oxygen atoms in total. The summed E-state index contributed by atoms with van der Waals surface area (Å²) in [5.74, 6) is 0.879. The van der Waals surface area contributed by atoms with Gasteiger partial charge in [0.25, 0.3) is 0 Å². The number of anilines is 1. The minimum absolute atomic E-state index is 0.0125. The maximum absolute atomic E-state index is 12.5. The Hall–Kier alpha value is -2.57. The van der Waals surface area contributed by atoms with Crippen LogP contribution in [0.3, 0.4) is 0 Å². The summed E-state index contributed by atoms with van der Waals surface area (Å²) < 4.78 is 5.60. The number of fused-ring (bicyclic) bond motifs is 1. The fourth-order valence-electron chi connectivity index (χ4n) is 3.42. The third-order valence-electron chi connectivity index (χ3n) is 4.97. The van der Waals surface area contributed by atoms with Gasteiger partial charge in [-0.1, -0.05) is 41.9 Å². The molecule has 0 atom stereocenters. The molecule has 1 aromatic heterocycles. The van der Waals surface area contributed by atoms with E-state index in [1.165, 1.54) is 0 Å². The highest BCUT2D eigenvalue weighted by atomic mass is 35.5. The number of nitrogens with one attached hydrogen (secondary N) is 1. The zero-order chi connectivity index (χ0) is 19.3. The second-order valence-corrected chi connectivity index (χ2v) is 7.29. The van der Waals surface area contributed by atoms with Gasteiger partial charge >= 0.3 is 0 Å². The van der Waals surface area contributed by atoms with Gasteiger partial charge in [0, 0.05) is 31.2 Å². The fraction of sp³-hybridized carbons (Fsp3) is 0.333. The quantitative estimate of drug-likeness (QED) is 0.714. The molecule has 4 rings (SSSR count). The number of carbonyl (C=O) groups excluding carboxylic acids is 1. The van der Waals surface area contributed by atoms with E-state index in [0.29, 0.717) is 18.2 Å². The van der Waals surface area contributed by atoms with Crippen molar-refractivity contribution >= 4 is 34.5 Å². The number of nitrogens with zero attached hydrogens (tertiary/aromatic N) is 3. The lowest BCUT2D eigenvalue weighted by Gasteiger charge is -2.21. The first kappa shape index (κ1) is 18.8. The van der Waals surface area contributed by atoms with Gasteiger partial charge in [-0.15, -0.1) is 0 Å². The number of imidazole rings is 1. The van der Waals surface area contributed by atoms with Gasteiger partial charge in [0.15, 0.2) is 0 Å². The summed E-state index contributed by atoms with van der Waals surface area (Å²) >= 11 is 6.12. The highest BCUT2D eigenvalue weighted by Gasteiger charge is 2.21. The molecule has 1 N–H and O–H groups in total. The van der Waals surface area contributed by atoms with Crippen molar-refractivity contribution in [3.63, 3.8) is 0 Å². The van der Waals surface area contributed by atoms with Crippen LogP contribution in [0, 0.1) is 0 Å². The van der Waals surface area contributed by atoms with Gasteiger partial charge in [0.2, 0.25) is 11.9 Å². The van der Waals surface area contributed by atoms with Crippen LogP contribution in [0.15, 0.2) is 48.5 Å². The van der Waals surface area contributed by atoms with Gasteiger partial charge in [-0.3, -0.25) is 4.79 Å². The van der Waals surface area contributed by atoms with Crippen molar-refractivity contribution in [1.82, 2.24) is 14.9 Å². The van der Waals surface area contributed by atoms with Crippen molar-refractivity contribution in [3.8, 4) is 0 Å². The number of benzene rings is 2. The number of ether oxygens (including phenoxy) is 1. The molecule has 0 radical (unpaired) electrons. The van der Waals surface area contributed by atoms with E-state index in [2.05, 4.69) is 14.9 Å². The van der Waals surface area contributed by atoms with Gasteiger partial charge in [-0.2, -0.15) is 0 Å². The lowest BCUT2D eigenvalue weighted by molar-refractivity contribution is -0.136. The smallest absolute Gasteiger partial charge is 0.248 e. The first-order chi connectivity index (χ1) is 13.7. The number of para-hydroxylation sites is 2. The number of H-pyrrole nitrogens is 1. The Bertz CT molecular complexity index is 925. The molecular weight excluding hydrogens is 376 g/mol. The Balaban J connectivity index is 1.30. The number of amides is 1. The molecule has 1 amide bonds. The van der Waals surface area contributed by atoms with Crippen molar-refractivity contribution in [2.24, 2.45) is 0 Å². The van der Waals surface area contributed by atoms with Crippen LogP contribution < -0.4 is 4.90 Å². The van der Waals surface area contributed by atoms with E-state index in [4.69, 9.17) is 16.3 Å². The van der Waals surface area contributed by atoms with E-state index < -0.39 is 0 Å². The molecular formula is C21H23ClN4O2. The molecule has 0 aliphatic carbocycles. The SMILES string of the molecule is O=C(COCc1ccccc1Cl)N1CCCN(c2nc3ccccc3[nH]2)CC1. The Kier molecular flexibility index (Phi) is 5.78. The number of hydrogen-bond donors (Lipinski definition) is 1. The van der Waals surface area contributed by atoms with Crippen LogP contribution in [-0.4, -0.2) is 53.6 Å². The van der Waals surface area contributed by atoms with Crippen molar-refractivity contribution < 1.29 is 9.53 Å². The highest BCUT2D eigenvalue weighted by molar-refractivity contribution is 6.31. The van der Waals surface area contributed by atoms with Gasteiger partial charge in [0.05, 0.1) is 17.6 Å². The van der Waals surface area contributed by atoms with Crippen LogP contribution >= 0.6 is 11.6 Å². The van der Waals surface area contributed by atoms with Crippen LogP contribution in [-0.2, 0) is 16.1 Å². The van der Waals surface area contributed by atoms with E-state index in [-0.39, 0.29) is 12.5 Å². The Labute approximate surface area is 169 Å². The molecule has 2 aromatic carbocycles. The van der Waals surface area contributed by atoms with E-state index in [0.717, 1.165) is 48.6 Å². The number of rotatable bonds is 5. The van der Waals surface area contributed by atoms with Crippen LogP contribution in [0.5, 0.6) is 0 Å².